The molecule has 3 rings (SSSR count). The molecule has 160 valence electrons. The molecule has 0 spiro atoms. The van der Waals surface area contributed by atoms with Crippen molar-refractivity contribution in [3.05, 3.63) is 89.0 Å². The summed E-state index contributed by atoms with van der Waals surface area (Å²) in [6, 6.07) is 21.1. The number of carbonyl (C=O) groups is 2. The maximum atomic E-state index is 12.9. The van der Waals surface area contributed by atoms with Crippen LogP contribution in [0.5, 0.6) is 0 Å². The van der Waals surface area contributed by atoms with Crippen LogP contribution in [-0.2, 0) is 4.79 Å². The minimum atomic E-state index is -0.235. The molecule has 0 aliphatic heterocycles. The van der Waals surface area contributed by atoms with Gasteiger partial charge in [0.1, 0.15) is 0 Å². The van der Waals surface area contributed by atoms with Gasteiger partial charge in [0.15, 0.2) is 0 Å². The first-order chi connectivity index (χ1) is 14.9. The van der Waals surface area contributed by atoms with Crippen LogP contribution < -0.4 is 10.6 Å². The van der Waals surface area contributed by atoms with Gasteiger partial charge >= 0.3 is 0 Å². The number of rotatable bonds is 7. The molecule has 2 amide bonds. The Balaban J connectivity index is 1.70. The summed E-state index contributed by atoms with van der Waals surface area (Å²) in [5.74, 6) is -0.153. The normalized spacial score (nSPS) is 11.6. The predicted molar refractivity (Wildman–Crippen MR) is 130 cm³/mol. The first kappa shape index (κ1) is 22.6. The highest BCUT2D eigenvalue weighted by atomic mass is 32.2. The zero-order valence-electron chi connectivity index (χ0n) is 18.4. The van der Waals surface area contributed by atoms with Crippen LogP contribution in [0.2, 0.25) is 0 Å². The Labute approximate surface area is 188 Å². The maximum absolute atomic E-state index is 12.9. The Morgan fingerprint density at radius 1 is 0.839 bits per heavy atom. The number of anilines is 2. The maximum Gasteiger partial charge on any atom is 0.255 e. The molecule has 0 aliphatic carbocycles. The molecule has 0 heterocycles. The van der Waals surface area contributed by atoms with Crippen LogP contribution >= 0.6 is 11.8 Å². The average Bonchev–Trinajstić information content (AvgIpc) is 2.75. The van der Waals surface area contributed by atoms with Crippen molar-refractivity contribution < 1.29 is 9.59 Å². The first-order valence-corrected chi connectivity index (χ1v) is 11.3. The fourth-order valence-electron chi connectivity index (χ4n) is 3.38. The van der Waals surface area contributed by atoms with Crippen LogP contribution in [0.1, 0.15) is 40.4 Å². The Morgan fingerprint density at radius 2 is 1.48 bits per heavy atom. The largest absolute Gasteiger partial charge is 0.325 e. The predicted octanol–water partition coefficient (Wildman–Crippen LogP) is 6.37. The second-order valence-electron chi connectivity index (χ2n) is 7.57. The molecule has 3 aromatic carbocycles. The summed E-state index contributed by atoms with van der Waals surface area (Å²) in [6.07, 6.45) is 0.696. The van der Waals surface area contributed by atoms with E-state index in [9.17, 15) is 9.59 Å². The van der Waals surface area contributed by atoms with E-state index in [1.54, 1.807) is 0 Å². The number of aryl methyl sites for hydroxylation is 3. The molecule has 2 N–H and O–H groups in total. The highest BCUT2D eigenvalue weighted by Crippen LogP contribution is 2.29. The molecule has 0 saturated heterocycles. The van der Waals surface area contributed by atoms with E-state index in [2.05, 4.69) is 10.6 Å². The molecule has 0 saturated carbocycles. The summed E-state index contributed by atoms with van der Waals surface area (Å²) >= 11 is 1.50. The molecule has 5 heteroatoms. The summed E-state index contributed by atoms with van der Waals surface area (Å²) in [7, 11) is 0. The average molecular weight is 433 g/mol. The Hall–Kier alpha value is -3.05. The molecule has 0 radical (unpaired) electrons. The number of nitrogens with one attached hydrogen (secondary N) is 2. The molecule has 0 bridgehead atoms. The molecule has 4 nitrogen and oxygen atoms in total. The summed E-state index contributed by atoms with van der Waals surface area (Å²) in [6.45, 7) is 7.92. The van der Waals surface area contributed by atoms with Crippen molar-refractivity contribution in [2.45, 2.75) is 44.3 Å². The van der Waals surface area contributed by atoms with E-state index in [4.69, 9.17) is 0 Å². The number of hydrogen-bond acceptors (Lipinski definition) is 3. The molecule has 1 atom stereocenters. The lowest BCUT2D eigenvalue weighted by atomic mass is 10.1. The SMILES string of the molecule is CCC(Sc1cccc(NC(=O)c2ccccc2C)c1)C(=O)Nc1c(C)cccc1C. The van der Waals surface area contributed by atoms with Gasteiger partial charge in [-0.05, 0) is 68.1 Å². The monoisotopic (exact) mass is 432 g/mol. The third-order valence-corrected chi connectivity index (χ3v) is 6.51. The topological polar surface area (TPSA) is 58.2 Å². The van der Waals surface area contributed by atoms with E-state index in [0.29, 0.717) is 17.7 Å². The number of para-hydroxylation sites is 1. The number of amides is 2. The first-order valence-electron chi connectivity index (χ1n) is 10.4. The number of benzene rings is 3. The van der Waals surface area contributed by atoms with Crippen molar-refractivity contribution in [1.29, 1.82) is 0 Å². The Bertz CT molecular complexity index is 1070. The van der Waals surface area contributed by atoms with Gasteiger partial charge in [-0.15, -0.1) is 11.8 Å². The zero-order chi connectivity index (χ0) is 22.4. The van der Waals surface area contributed by atoms with Crippen molar-refractivity contribution in [2.24, 2.45) is 0 Å². The Kier molecular flexibility index (Phi) is 7.53. The summed E-state index contributed by atoms with van der Waals surface area (Å²) in [5.41, 5.74) is 5.28. The molecule has 3 aromatic rings. The van der Waals surface area contributed by atoms with Crippen molar-refractivity contribution in [2.75, 3.05) is 10.6 Å². The fourth-order valence-corrected chi connectivity index (χ4v) is 4.39. The van der Waals surface area contributed by atoms with Crippen LogP contribution in [0.25, 0.3) is 0 Å². The van der Waals surface area contributed by atoms with Gasteiger partial charge in [-0.1, -0.05) is 49.4 Å². The van der Waals surface area contributed by atoms with E-state index in [1.807, 2.05) is 94.4 Å². The smallest absolute Gasteiger partial charge is 0.255 e. The molecule has 0 fully saturated rings. The molecule has 1 unspecified atom stereocenters. The minimum Gasteiger partial charge on any atom is -0.325 e. The van der Waals surface area contributed by atoms with Gasteiger partial charge < -0.3 is 10.6 Å². The second kappa shape index (κ2) is 10.3. The summed E-state index contributed by atoms with van der Waals surface area (Å²) < 4.78 is 0. The lowest BCUT2D eigenvalue weighted by Gasteiger charge is -2.18. The van der Waals surface area contributed by atoms with Crippen molar-refractivity contribution in [3.63, 3.8) is 0 Å². The highest BCUT2D eigenvalue weighted by molar-refractivity contribution is 8.00. The van der Waals surface area contributed by atoms with Gasteiger partial charge in [0.25, 0.3) is 5.91 Å². The van der Waals surface area contributed by atoms with Gasteiger partial charge in [-0.25, -0.2) is 0 Å². The molecular weight excluding hydrogens is 404 g/mol. The Morgan fingerprint density at radius 3 is 2.16 bits per heavy atom. The van der Waals surface area contributed by atoms with E-state index < -0.39 is 0 Å². The second-order valence-corrected chi connectivity index (χ2v) is 8.84. The van der Waals surface area contributed by atoms with E-state index >= 15 is 0 Å². The highest BCUT2D eigenvalue weighted by Gasteiger charge is 2.20. The van der Waals surface area contributed by atoms with Crippen molar-refractivity contribution >= 4 is 35.0 Å². The number of hydrogen-bond donors (Lipinski definition) is 2. The standard InChI is InChI=1S/C26H28N2O2S/c1-5-23(26(30)28-24-18(3)11-8-12-19(24)4)31-21-14-9-13-20(16-21)27-25(29)22-15-7-6-10-17(22)2/h6-16,23H,5H2,1-4H3,(H,27,29)(H,28,30). The quantitative estimate of drug-likeness (QED) is 0.426. The molecular formula is C26H28N2O2S. The van der Waals surface area contributed by atoms with Crippen LogP contribution in [0.3, 0.4) is 0 Å². The third-order valence-electron chi connectivity index (χ3n) is 5.15. The van der Waals surface area contributed by atoms with E-state index in [1.165, 1.54) is 11.8 Å². The number of carbonyl (C=O) groups excluding carboxylic acids is 2. The van der Waals surface area contributed by atoms with E-state index in [0.717, 1.165) is 27.3 Å². The minimum absolute atomic E-state index is 0.0146. The number of thioether (sulfide) groups is 1. The van der Waals surface area contributed by atoms with Gasteiger partial charge in [0.05, 0.1) is 5.25 Å². The lowest BCUT2D eigenvalue weighted by Crippen LogP contribution is -2.25. The van der Waals surface area contributed by atoms with Crippen LogP contribution in [0.4, 0.5) is 11.4 Å². The summed E-state index contributed by atoms with van der Waals surface area (Å²) in [4.78, 5) is 26.5. The van der Waals surface area contributed by atoms with Gasteiger partial charge in [0.2, 0.25) is 5.91 Å². The molecule has 31 heavy (non-hydrogen) atoms. The molecule has 0 aliphatic rings. The zero-order valence-corrected chi connectivity index (χ0v) is 19.2. The van der Waals surface area contributed by atoms with Gasteiger partial charge in [0, 0.05) is 21.8 Å². The van der Waals surface area contributed by atoms with Crippen molar-refractivity contribution in [1.82, 2.24) is 0 Å². The summed E-state index contributed by atoms with van der Waals surface area (Å²) in [5, 5.41) is 5.82. The van der Waals surface area contributed by atoms with Crippen molar-refractivity contribution in [3.8, 4) is 0 Å². The van der Waals surface area contributed by atoms with Crippen LogP contribution in [-0.4, -0.2) is 17.1 Å². The lowest BCUT2D eigenvalue weighted by molar-refractivity contribution is -0.115. The molecule has 0 aromatic heterocycles. The van der Waals surface area contributed by atoms with Gasteiger partial charge in [-0.3, -0.25) is 9.59 Å². The van der Waals surface area contributed by atoms with Gasteiger partial charge in [-0.2, -0.15) is 0 Å². The van der Waals surface area contributed by atoms with E-state index in [-0.39, 0.29) is 17.1 Å². The fraction of sp³-hybridized carbons (Fsp3) is 0.231. The van der Waals surface area contributed by atoms with Crippen LogP contribution in [0.15, 0.2) is 71.6 Å². The third kappa shape index (κ3) is 5.76. The van der Waals surface area contributed by atoms with Crippen LogP contribution in [0, 0.1) is 20.8 Å².